The SMILES string of the molecule is COCCN(CC(=O)N(C)Cc1ccc(C)o1)Cc1ccccc1. The van der Waals surface area contributed by atoms with Crippen LogP contribution in [-0.2, 0) is 22.6 Å². The van der Waals surface area contributed by atoms with Crippen molar-refractivity contribution in [1.29, 1.82) is 0 Å². The molecule has 24 heavy (non-hydrogen) atoms. The Morgan fingerprint density at radius 2 is 1.88 bits per heavy atom. The number of methoxy groups -OCH3 is 1. The lowest BCUT2D eigenvalue weighted by molar-refractivity contribution is -0.132. The Kier molecular flexibility index (Phi) is 7.03. The number of hydrogen-bond acceptors (Lipinski definition) is 4. The molecule has 0 aliphatic carbocycles. The van der Waals surface area contributed by atoms with E-state index in [9.17, 15) is 4.79 Å². The number of furan rings is 1. The van der Waals surface area contributed by atoms with Crippen molar-refractivity contribution in [3.05, 3.63) is 59.5 Å². The van der Waals surface area contributed by atoms with Gasteiger partial charge in [-0.1, -0.05) is 30.3 Å². The quantitative estimate of drug-likeness (QED) is 0.709. The fraction of sp³-hybridized carbons (Fsp3) is 0.421. The van der Waals surface area contributed by atoms with E-state index in [1.54, 1.807) is 19.1 Å². The van der Waals surface area contributed by atoms with Crippen molar-refractivity contribution in [3.63, 3.8) is 0 Å². The van der Waals surface area contributed by atoms with Crippen molar-refractivity contribution in [2.45, 2.75) is 20.0 Å². The largest absolute Gasteiger partial charge is 0.464 e. The van der Waals surface area contributed by atoms with Crippen LogP contribution in [-0.4, -0.2) is 49.6 Å². The lowest BCUT2D eigenvalue weighted by Crippen LogP contribution is -2.39. The van der Waals surface area contributed by atoms with Crippen LogP contribution in [0.3, 0.4) is 0 Å². The van der Waals surface area contributed by atoms with Gasteiger partial charge in [0.2, 0.25) is 5.91 Å². The van der Waals surface area contributed by atoms with Crippen molar-refractivity contribution in [3.8, 4) is 0 Å². The third-order valence-corrected chi connectivity index (χ3v) is 3.83. The Bertz CT molecular complexity index is 625. The van der Waals surface area contributed by atoms with Gasteiger partial charge < -0.3 is 14.1 Å². The number of aryl methyl sites for hydroxylation is 1. The normalized spacial score (nSPS) is 11.0. The van der Waals surface area contributed by atoms with E-state index in [2.05, 4.69) is 17.0 Å². The van der Waals surface area contributed by atoms with Gasteiger partial charge in [0.15, 0.2) is 0 Å². The summed E-state index contributed by atoms with van der Waals surface area (Å²) in [5.41, 5.74) is 1.19. The third kappa shape index (κ3) is 5.83. The first kappa shape index (κ1) is 18.2. The highest BCUT2D eigenvalue weighted by Crippen LogP contribution is 2.10. The van der Waals surface area contributed by atoms with Gasteiger partial charge in [-0.15, -0.1) is 0 Å². The molecule has 1 heterocycles. The molecule has 0 fully saturated rings. The lowest BCUT2D eigenvalue weighted by Gasteiger charge is -2.24. The second-order valence-corrected chi connectivity index (χ2v) is 5.95. The van der Waals surface area contributed by atoms with Crippen molar-refractivity contribution in [2.24, 2.45) is 0 Å². The topological polar surface area (TPSA) is 45.9 Å². The van der Waals surface area contributed by atoms with E-state index in [1.165, 1.54) is 5.56 Å². The first-order valence-electron chi connectivity index (χ1n) is 8.13. The second-order valence-electron chi connectivity index (χ2n) is 5.95. The molecule has 0 atom stereocenters. The highest BCUT2D eigenvalue weighted by Gasteiger charge is 2.16. The summed E-state index contributed by atoms with van der Waals surface area (Å²) in [6.07, 6.45) is 0. The zero-order chi connectivity index (χ0) is 17.4. The fourth-order valence-electron chi connectivity index (χ4n) is 2.48. The Hall–Kier alpha value is -2.11. The lowest BCUT2D eigenvalue weighted by atomic mass is 10.2. The van der Waals surface area contributed by atoms with E-state index in [4.69, 9.17) is 9.15 Å². The maximum absolute atomic E-state index is 12.5. The predicted molar refractivity (Wildman–Crippen MR) is 93.5 cm³/mol. The van der Waals surface area contributed by atoms with Crippen LogP contribution < -0.4 is 0 Å². The van der Waals surface area contributed by atoms with Crippen LogP contribution >= 0.6 is 0 Å². The summed E-state index contributed by atoms with van der Waals surface area (Å²) in [7, 11) is 3.48. The summed E-state index contributed by atoms with van der Waals surface area (Å²) >= 11 is 0. The molecule has 0 radical (unpaired) electrons. The Morgan fingerprint density at radius 1 is 1.12 bits per heavy atom. The molecule has 0 bridgehead atoms. The van der Waals surface area contributed by atoms with Gasteiger partial charge in [-0.3, -0.25) is 9.69 Å². The average Bonchev–Trinajstić information content (AvgIpc) is 2.98. The van der Waals surface area contributed by atoms with Crippen LogP contribution in [0, 0.1) is 6.92 Å². The van der Waals surface area contributed by atoms with Gasteiger partial charge in [0.25, 0.3) is 0 Å². The Morgan fingerprint density at radius 3 is 2.50 bits per heavy atom. The number of nitrogens with zero attached hydrogens (tertiary/aromatic N) is 2. The Labute approximate surface area is 143 Å². The van der Waals surface area contributed by atoms with E-state index in [-0.39, 0.29) is 5.91 Å². The van der Waals surface area contributed by atoms with E-state index in [0.29, 0.717) is 26.2 Å². The summed E-state index contributed by atoms with van der Waals surface area (Å²) in [5.74, 6) is 1.72. The molecule has 0 spiro atoms. The van der Waals surface area contributed by atoms with Crippen molar-refractivity contribution in [1.82, 2.24) is 9.80 Å². The minimum atomic E-state index is 0.0658. The molecule has 0 N–H and O–H groups in total. The number of carbonyl (C=O) groups excluding carboxylic acids is 1. The van der Waals surface area contributed by atoms with Crippen LogP contribution in [0.2, 0.25) is 0 Å². The summed E-state index contributed by atoms with van der Waals surface area (Å²) in [5, 5.41) is 0. The summed E-state index contributed by atoms with van der Waals surface area (Å²) in [6.45, 7) is 4.78. The zero-order valence-corrected chi connectivity index (χ0v) is 14.7. The molecule has 0 unspecified atom stereocenters. The molecule has 1 aromatic carbocycles. The van der Waals surface area contributed by atoms with Gasteiger partial charge in [-0.05, 0) is 24.6 Å². The number of hydrogen-bond donors (Lipinski definition) is 0. The minimum Gasteiger partial charge on any atom is -0.464 e. The number of amides is 1. The molecule has 5 nitrogen and oxygen atoms in total. The van der Waals surface area contributed by atoms with Crippen LogP contribution in [0.15, 0.2) is 46.9 Å². The molecular weight excluding hydrogens is 304 g/mol. The molecule has 5 heteroatoms. The Balaban J connectivity index is 1.92. The first-order chi connectivity index (χ1) is 11.6. The number of ether oxygens (including phenoxy) is 1. The highest BCUT2D eigenvalue weighted by atomic mass is 16.5. The maximum atomic E-state index is 12.5. The molecule has 0 aliphatic rings. The van der Waals surface area contributed by atoms with Crippen molar-refractivity contribution in [2.75, 3.05) is 33.9 Å². The average molecular weight is 330 g/mol. The van der Waals surface area contributed by atoms with Gasteiger partial charge in [-0.2, -0.15) is 0 Å². The van der Waals surface area contributed by atoms with Gasteiger partial charge >= 0.3 is 0 Å². The summed E-state index contributed by atoms with van der Waals surface area (Å²) in [4.78, 5) is 16.3. The maximum Gasteiger partial charge on any atom is 0.236 e. The van der Waals surface area contributed by atoms with Crippen LogP contribution in [0.5, 0.6) is 0 Å². The van der Waals surface area contributed by atoms with Gasteiger partial charge in [0.05, 0.1) is 19.7 Å². The number of carbonyl (C=O) groups is 1. The van der Waals surface area contributed by atoms with Gasteiger partial charge in [0, 0.05) is 27.2 Å². The molecular formula is C19H26N2O3. The minimum absolute atomic E-state index is 0.0658. The molecule has 0 saturated heterocycles. The molecule has 2 aromatic rings. The van der Waals surface area contributed by atoms with Crippen LogP contribution in [0.1, 0.15) is 17.1 Å². The van der Waals surface area contributed by atoms with Gasteiger partial charge in [-0.25, -0.2) is 0 Å². The number of rotatable bonds is 9. The summed E-state index contributed by atoms with van der Waals surface area (Å²) in [6, 6.07) is 14.0. The standard InChI is InChI=1S/C19H26N2O3/c1-16-9-10-18(24-16)14-20(2)19(22)15-21(11-12-23-3)13-17-7-5-4-6-8-17/h4-10H,11-15H2,1-3H3. The third-order valence-electron chi connectivity index (χ3n) is 3.83. The molecule has 1 aromatic heterocycles. The molecule has 130 valence electrons. The van der Waals surface area contributed by atoms with Crippen molar-refractivity contribution < 1.29 is 13.9 Å². The zero-order valence-electron chi connectivity index (χ0n) is 14.7. The van der Waals surface area contributed by atoms with E-state index in [1.807, 2.05) is 37.3 Å². The summed E-state index contributed by atoms with van der Waals surface area (Å²) < 4.78 is 10.7. The smallest absolute Gasteiger partial charge is 0.236 e. The molecule has 1 amide bonds. The molecule has 0 saturated carbocycles. The number of likely N-dealkylation sites (N-methyl/N-ethyl adjacent to an activating group) is 1. The fourth-order valence-corrected chi connectivity index (χ4v) is 2.48. The second kappa shape index (κ2) is 9.25. The number of benzene rings is 1. The molecule has 2 rings (SSSR count). The van der Waals surface area contributed by atoms with E-state index in [0.717, 1.165) is 18.1 Å². The van der Waals surface area contributed by atoms with Crippen LogP contribution in [0.4, 0.5) is 0 Å². The first-order valence-corrected chi connectivity index (χ1v) is 8.13. The van der Waals surface area contributed by atoms with E-state index >= 15 is 0 Å². The molecule has 0 aliphatic heterocycles. The highest BCUT2D eigenvalue weighted by molar-refractivity contribution is 5.77. The van der Waals surface area contributed by atoms with Gasteiger partial charge in [0.1, 0.15) is 11.5 Å². The van der Waals surface area contributed by atoms with E-state index < -0.39 is 0 Å². The predicted octanol–water partition coefficient (Wildman–Crippen LogP) is 2.70. The van der Waals surface area contributed by atoms with Crippen molar-refractivity contribution >= 4 is 5.91 Å². The van der Waals surface area contributed by atoms with Crippen LogP contribution in [0.25, 0.3) is 0 Å². The monoisotopic (exact) mass is 330 g/mol.